The second kappa shape index (κ2) is 5.66. The van der Waals surface area contributed by atoms with Crippen molar-refractivity contribution in [2.75, 3.05) is 7.11 Å². The summed E-state index contributed by atoms with van der Waals surface area (Å²) < 4.78 is 17.5. The first-order chi connectivity index (χ1) is 8.02. The summed E-state index contributed by atoms with van der Waals surface area (Å²) in [6, 6.07) is 3.76. The molecule has 4 nitrogen and oxygen atoms in total. The number of carboxylic acids is 1. The topological polar surface area (TPSA) is 63.6 Å². The minimum atomic E-state index is -1.14. The summed E-state index contributed by atoms with van der Waals surface area (Å²) in [5.41, 5.74) is 0.377. The Morgan fingerprint density at radius 2 is 2.18 bits per heavy atom. The van der Waals surface area contributed by atoms with Crippen LogP contribution in [0.3, 0.4) is 0 Å². The van der Waals surface area contributed by atoms with Crippen LogP contribution in [0.15, 0.2) is 18.2 Å². The lowest BCUT2D eigenvalue weighted by Crippen LogP contribution is -2.02. The van der Waals surface area contributed by atoms with Crippen molar-refractivity contribution in [2.45, 2.75) is 6.42 Å². The molecule has 0 radical (unpaired) electrons. The van der Waals surface area contributed by atoms with Crippen molar-refractivity contribution >= 4 is 11.9 Å². The van der Waals surface area contributed by atoms with E-state index in [1.807, 2.05) is 0 Å². The molecule has 17 heavy (non-hydrogen) atoms. The predicted octanol–water partition coefficient (Wildman–Crippen LogP) is 0.977. The highest BCUT2D eigenvalue weighted by atomic mass is 19.1. The molecule has 0 atom stereocenters. The number of rotatable bonds is 2. The van der Waals surface area contributed by atoms with Crippen LogP contribution in [-0.4, -0.2) is 24.2 Å². The van der Waals surface area contributed by atoms with Gasteiger partial charge in [-0.1, -0.05) is 5.92 Å². The first-order valence-electron chi connectivity index (χ1n) is 4.63. The van der Waals surface area contributed by atoms with Gasteiger partial charge in [0, 0.05) is 17.0 Å². The fraction of sp³-hybridized carbons (Fsp3) is 0.167. The van der Waals surface area contributed by atoms with Gasteiger partial charge in [0.15, 0.2) is 0 Å². The van der Waals surface area contributed by atoms with E-state index in [0.717, 1.165) is 6.07 Å². The Morgan fingerprint density at radius 3 is 2.76 bits per heavy atom. The van der Waals surface area contributed by atoms with Crippen molar-refractivity contribution < 1.29 is 23.8 Å². The van der Waals surface area contributed by atoms with Crippen molar-refractivity contribution in [1.29, 1.82) is 0 Å². The SMILES string of the molecule is COC(=O)C#Cc1ccc(F)c(CC(=O)O)c1. The predicted molar refractivity (Wildman–Crippen MR) is 56.6 cm³/mol. The van der Waals surface area contributed by atoms with Crippen LogP contribution >= 0.6 is 0 Å². The molecule has 0 unspecified atom stereocenters. The maximum absolute atomic E-state index is 13.2. The van der Waals surface area contributed by atoms with E-state index in [1.165, 1.54) is 19.2 Å². The Bertz CT molecular complexity index is 511. The molecule has 0 heterocycles. The number of carboxylic acid groups (broad SMARTS) is 1. The Labute approximate surface area is 97.0 Å². The number of ether oxygens (including phenoxy) is 1. The fourth-order valence-electron chi connectivity index (χ4n) is 1.13. The van der Waals surface area contributed by atoms with Gasteiger partial charge < -0.3 is 9.84 Å². The molecule has 5 heteroatoms. The third-order valence-corrected chi connectivity index (χ3v) is 1.88. The summed E-state index contributed by atoms with van der Waals surface area (Å²) in [5.74, 6) is 2.15. The summed E-state index contributed by atoms with van der Waals surface area (Å²) in [4.78, 5) is 21.2. The Hall–Kier alpha value is -2.35. The molecular formula is C12H9FO4. The van der Waals surface area contributed by atoms with Crippen molar-refractivity contribution in [3.63, 3.8) is 0 Å². The number of halogens is 1. The van der Waals surface area contributed by atoms with E-state index in [4.69, 9.17) is 5.11 Å². The van der Waals surface area contributed by atoms with Gasteiger partial charge in [-0.3, -0.25) is 4.79 Å². The van der Waals surface area contributed by atoms with Gasteiger partial charge in [-0.25, -0.2) is 9.18 Å². The number of aliphatic carboxylic acids is 1. The lowest BCUT2D eigenvalue weighted by atomic mass is 10.1. The molecule has 0 bridgehead atoms. The number of carbonyl (C=O) groups is 2. The van der Waals surface area contributed by atoms with Gasteiger partial charge in [-0.15, -0.1) is 0 Å². The molecule has 88 valence electrons. The lowest BCUT2D eigenvalue weighted by molar-refractivity contribution is -0.136. The highest BCUT2D eigenvalue weighted by Crippen LogP contribution is 2.10. The maximum Gasteiger partial charge on any atom is 0.384 e. The van der Waals surface area contributed by atoms with Crippen LogP contribution in [0.4, 0.5) is 4.39 Å². The van der Waals surface area contributed by atoms with Gasteiger partial charge in [-0.2, -0.15) is 0 Å². The fourth-order valence-corrected chi connectivity index (χ4v) is 1.13. The highest BCUT2D eigenvalue weighted by molar-refractivity contribution is 5.89. The molecule has 0 aliphatic rings. The molecule has 1 aromatic carbocycles. The normalized spacial score (nSPS) is 9.06. The van der Waals surface area contributed by atoms with Crippen LogP contribution in [0.5, 0.6) is 0 Å². The highest BCUT2D eigenvalue weighted by Gasteiger charge is 2.07. The number of hydrogen-bond acceptors (Lipinski definition) is 3. The standard InChI is InChI=1S/C12H9FO4/c1-17-12(16)5-3-8-2-4-10(13)9(6-8)7-11(14)15/h2,4,6H,7H2,1H3,(H,14,15). The molecule has 0 aliphatic heterocycles. The molecule has 0 saturated carbocycles. The number of esters is 1. The third kappa shape index (κ3) is 3.95. The first-order valence-corrected chi connectivity index (χ1v) is 4.63. The average molecular weight is 236 g/mol. The summed E-state index contributed by atoms with van der Waals surface area (Å²) >= 11 is 0. The van der Waals surface area contributed by atoms with Gasteiger partial charge >= 0.3 is 11.9 Å². The van der Waals surface area contributed by atoms with Gasteiger partial charge in [0.05, 0.1) is 13.5 Å². The Kier molecular flexibility index (Phi) is 4.23. The van der Waals surface area contributed by atoms with Crippen LogP contribution in [0, 0.1) is 17.7 Å². The number of methoxy groups -OCH3 is 1. The maximum atomic E-state index is 13.2. The number of hydrogen-bond donors (Lipinski definition) is 1. The largest absolute Gasteiger partial charge is 0.481 e. The van der Waals surface area contributed by atoms with Crippen molar-refractivity contribution in [3.8, 4) is 11.8 Å². The molecule has 0 spiro atoms. The second-order valence-electron chi connectivity index (χ2n) is 3.12. The summed E-state index contributed by atoms with van der Waals surface area (Å²) in [5, 5.41) is 8.56. The Morgan fingerprint density at radius 1 is 1.47 bits per heavy atom. The van der Waals surface area contributed by atoms with E-state index in [-0.39, 0.29) is 5.56 Å². The zero-order chi connectivity index (χ0) is 12.8. The molecule has 0 saturated heterocycles. The van der Waals surface area contributed by atoms with Crippen LogP contribution in [0.2, 0.25) is 0 Å². The molecule has 0 fully saturated rings. The van der Waals surface area contributed by atoms with Gasteiger partial charge in [0.25, 0.3) is 0 Å². The molecule has 1 rings (SSSR count). The van der Waals surface area contributed by atoms with Crippen LogP contribution in [0.25, 0.3) is 0 Å². The van der Waals surface area contributed by atoms with E-state index in [9.17, 15) is 14.0 Å². The van der Waals surface area contributed by atoms with E-state index in [1.54, 1.807) is 0 Å². The van der Waals surface area contributed by atoms with Crippen LogP contribution in [0.1, 0.15) is 11.1 Å². The quantitative estimate of drug-likeness (QED) is 0.614. The van der Waals surface area contributed by atoms with E-state index in [0.29, 0.717) is 5.56 Å². The molecular weight excluding hydrogens is 227 g/mol. The third-order valence-electron chi connectivity index (χ3n) is 1.88. The lowest BCUT2D eigenvalue weighted by Gasteiger charge is -2.00. The van der Waals surface area contributed by atoms with Crippen LogP contribution < -0.4 is 0 Å². The average Bonchev–Trinajstić information content (AvgIpc) is 2.29. The van der Waals surface area contributed by atoms with E-state index >= 15 is 0 Å². The van der Waals surface area contributed by atoms with Crippen molar-refractivity contribution in [1.82, 2.24) is 0 Å². The number of carbonyl (C=O) groups excluding carboxylic acids is 1. The Balaban J connectivity index is 2.98. The molecule has 0 amide bonds. The zero-order valence-corrected chi connectivity index (χ0v) is 8.99. The van der Waals surface area contributed by atoms with Gasteiger partial charge in [0.1, 0.15) is 5.82 Å². The molecule has 0 aliphatic carbocycles. The minimum Gasteiger partial charge on any atom is -0.481 e. The molecule has 0 aromatic heterocycles. The minimum absolute atomic E-state index is 0.0224. The zero-order valence-electron chi connectivity index (χ0n) is 8.99. The van der Waals surface area contributed by atoms with Gasteiger partial charge in [0.2, 0.25) is 0 Å². The van der Waals surface area contributed by atoms with Crippen molar-refractivity contribution in [3.05, 3.63) is 35.1 Å². The summed E-state index contributed by atoms with van der Waals surface area (Å²) in [7, 11) is 1.19. The first kappa shape index (κ1) is 12.7. The summed E-state index contributed by atoms with van der Waals surface area (Å²) in [6.07, 6.45) is -0.431. The molecule has 1 N–H and O–H groups in total. The van der Waals surface area contributed by atoms with E-state index < -0.39 is 24.2 Å². The van der Waals surface area contributed by atoms with Crippen LogP contribution in [-0.2, 0) is 20.7 Å². The summed E-state index contributed by atoms with van der Waals surface area (Å²) in [6.45, 7) is 0. The van der Waals surface area contributed by atoms with Crippen molar-refractivity contribution in [2.24, 2.45) is 0 Å². The number of benzene rings is 1. The molecule has 1 aromatic rings. The van der Waals surface area contributed by atoms with E-state index in [2.05, 4.69) is 16.6 Å². The smallest absolute Gasteiger partial charge is 0.384 e. The monoisotopic (exact) mass is 236 g/mol. The second-order valence-corrected chi connectivity index (χ2v) is 3.12. The van der Waals surface area contributed by atoms with Gasteiger partial charge in [-0.05, 0) is 18.2 Å².